The lowest BCUT2D eigenvalue weighted by molar-refractivity contribution is -0.137. The minimum absolute atomic E-state index is 0.118. The number of benzene rings is 1. The summed E-state index contributed by atoms with van der Waals surface area (Å²) in [6.07, 6.45) is -1.95. The van der Waals surface area contributed by atoms with Crippen LogP contribution in [-0.2, 0) is 10.9 Å². The molecule has 2 aliphatic rings. The maximum atomic E-state index is 14.4. The maximum absolute atomic E-state index is 14.4. The van der Waals surface area contributed by atoms with Crippen molar-refractivity contribution in [2.24, 2.45) is 5.41 Å². The van der Waals surface area contributed by atoms with Gasteiger partial charge in [0.25, 0.3) is 0 Å². The summed E-state index contributed by atoms with van der Waals surface area (Å²) in [5.41, 5.74) is -0.620. The fraction of sp³-hybridized carbons (Fsp3) is 0.455. The standard InChI is InChI=1S/C22H21ClF4N2O3/c1-21(9-29(10-21)19-6-16(23)15(8-28-19)22(25,26)27)11-32-18-7-17(24)14(20(30)31-2)5-13(18)12-3-4-12/h5-8,12H,3-4,9-11H2,1-2H3. The zero-order valence-electron chi connectivity index (χ0n) is 17.4. The van der Waals surface area contributed by atoms with Gasteiger partial charge in [-0.05, 0) is 36.5 Å². The third kappa shape index (κ3) is 4.48. The van der Waals surface area contributed by atoms with Crippen LogP contribution in [0.2, 0.25) is 5.02 Å². The summed E-state index contributed by atoms with van der Waals surface area (Å²) in [4.78, 5) is 17.5. The zero-order chi connectivity index (χ0) is 23.3. The molecular formula is C22H21ClF4N2O3. The molecule has 2 heterocycles. The monoisotopic (exact) mass is 472 g/mol. The number of carbonyl (C=O) groups excluding carboxylic acids is 1. The second kappa shape index (κ2) is 8.10. The lowest BCUT2D eigenvalue weighted by atomic mass is 9.83. The van der Waals surface area contributed by atoms with Gasteiger partial charge in [-0.3, -0.25) is 0 Å². The Morgan fingerprint density at radius 3 is 2.53 bits per heavy atom. The second-order valence-electron chi connectivity index (χ2n) is 8.61. The lowest BCUT2D eigenvalue weighted by Crippen LogP contribution is -2.58. The van der Waals surface area contributed by atoms with E-state index >= 15 is 0 Å². The molecule has 172 valence electrons. The molecule has 0 spiro atoms. The summed E-state index contributed by atoms with van der Waals surface area (Å²) < 4.78 is 63.6. The maximum Gasteiger partial charge on any atom is 0.419 e. The van der Waals surface area contributed by atoms with Crippen LogP contribution >= 0.6 is 11.6 Å². The largest absolute Gasteiger partial charge is 0.492 e. The van der Waals surface area contributed by atoms with E-state index in [1.807, 2.05) is 6.92 Å². The minimum Gasteiger partial charge on any atom is -0.492 e. The van der Waals surface area contributed by atoms with Gasteiger partial charge in [0.2, 0.25) is 0 Å². The van der Waals surface area contributed by atoms with Gasteiger partial charge in [-0.1, -0.05) is 18.5 Å². The predicted octanol–water partition coefficient (Wildman–Crippen LogP) is 5.46. The number of rotatable bonds is 6. The molecule has 1 aliphatic heterocycles. The number of methoxy groups -OCH3 is 1. The molecule has 0 atom stereocenters. The van der Waals surface area contributed by atoms with E-state index in [9.17, 15) is 22.4 Å². The fourth-order valence-corrected chi connectivity index (χ4v) is 4.11. The number of anilines is 1. The van der Waals surface area contributed by atoms with E-state index in [4.69, 9.17) is 16.3 Å². The summed E-state index contributed by atoms with van der Waals surface area (Å²) in [7, 11) is 1.20. The molecule has 1 saturated heterocycles. The van der Waals surface area contributed by atoms with E-state index in [-0.39, 0.29) is 23.5 Å². The Bertz CT molecular complexity index is 1050. The van der Waals surface area contributed by atoms with Crippen molar-refractivity contribution in [2.45, 2.75) is 31.9 Å². The van der Waals surface area contributed by atoms with Crippen molar-refractivity contribution < 1.29 is 31.8 Å². The first-order valence-electron chi connectivity index (χ1n) is 10.0. The van der Waals surface area contributed by atoms with Crippen molar-refractivity contribution >= 4 is 23.4 Å². The fourth-order valence-electron chi connectivity index (χ4n) is 3.86. The number of alkyl halides is 3. The second-order valence-corrected chi connectivity index (χ2v) is 9.02. The van der Waals surface area contributed by atoms with Gasteiger partial charge in [-0.25, -0.2) is 14.2 Å². The van der Waals surface area contributed by atoms with Gasteiger partial charge in [0.05, 0.1) is 29.9 Å². The van der Waals surface area contributed by atoms with Gasteiger partial charge in [0.15, 0.2) is 0 Å². The first kappa shape index (κ1) is 22.6. The highest BCUT2D eigenvalue weighted by molar-refractivity contribution is 6.31. The molecule has 1 aromatic heterocycles. The van der Waals surface area contributed by atoms with Crippen molar-refractivity contribution in [3.05, 3.63) is 51.9 Å². The summed E-state index contributed by atoms with van der Waals surface area (Å²) in [6.45, 7) is 3.21. The van der Waals surface area contributed by atoms with Crippen LogP contribution in [0.5, 0.6) is 5.75 Å². The van der Waals surface area contributed by atoms with E-state index in [1.54, 1.807) is 4.90 Å². The first-order valence-corrected chi connectivity index (χ1v) is 10.4. The topological polar surface area (TPSA) is 51.7 Å². The highest BCUT2D eigenvalue weighted by atomic mass is 35.5. The van der Waals surface area contributed by atoms with Gasteiger partial charge in [-0.2, -0.15) is 13.2 Å². The van der Waals surface area contributed by atoms with E-state index in [1.165, 1.54) is 25.3 Å². The lowest BCUT2D eigenvalue weighted by Gasteiger charge is -2.48. The molecule has 0 radical (unpaired) electrons. The summed E-state index contributed by atoms with van der Waals surface area (Å²) in [6, 6.07) is 3.92. The third-order valence-corrected chi connectivity index (χ3v) is 6.02. The highest BCUT2D eigenvalue weighted by Gasteiger charge is 2.42. The Kier molecular flexibility index (Phi) is 5.73. The predicted molar refractivity (Wildman–Crippen MR) is 110 cm³/mol. The average molecular weight is 473 g/mol. The average Bonchev–Trinajstić information content (AvgIpc) is 3.53. The SMILES string of the molecule is COC(=O)c1cc(C2CC2)c(OCC2(C)CN(c3cc(Cl)c(C(F)(F)F)cn3)C2)cc1F. The Labute approximate surface area is 187 Å². The van der Waals surface area contributed by atoms with Gasteiger partial charge in [0, 0.05) is 30.8 Å². The smallest absolute Gasteiger partial charge is 0.419 e. The Morgan fingerprint density at radius 1 is 1.28 bits per heavy atom. The van der Waals surface area contributed by atoms with Crippen LogP contribution in [-0.4, -0.2) is 37.8 Å². The van der Waals surface area contributed by atoms with Crippen LogP contribution in [0.3, 0.4) is 0 Å². The Hall–Kier alpha value is -2.55. The summed E-state index contributed by atoms with van der Waals surface area (Å²) in [5, 5.41) is -0.400. The molecule has 0 N–H and O–H groups in total. The number of halogens is 5. The van der Waals surface area contributed by atoms with Crippen molar-refractivity contribution in [1.29, 1.82) is 0 Å². The Morgan fingerprint density at radius 2 is 1.97 bits per heavy atom. The molecule has 10 heteroatoms. The molecule has 0 amide bonds. The van der Waals surface area contributed by atoms with Crippen LogP contribution in [0.4, 0.5) is 23.4 Å². The van der Waals surface area contributed by atoms with E-state index in [0.29, 0.717) is 24.7 Å². The minimum atomic E-state index is -4.56. The van der Waals surface area contributed by atoms with Crippen molar-refractivity contribution in [3.63, 3.8) is 0 Å². The zero-order valence-corrected chi connectivity index (χ0v) is 18.2. The van der Waals surface area contributed by atoms with Gasteiger partial charge in [-0.15, -0.1) is 0 Å². The highest BCUT2D eigenvalue weighted by Crippen LogP contribution is 2.46. The number of hydrogen-bond acceptors (Lipinski definition) is 5. The van der Waals surface area contributed by atoms with Gasteiger partial charge < -0.3 is 14.4 Å². The quantitative estimate of drug-likeness (QED) is 0.412. The van der Waals surface area contributed by atoms with Gasteiger partial charge >= 0.3 is 12.1 Å². The number of esters is 1. The molecule has 5 nitrogen and oxygen atoms in total. The molecule has 1 aromatic carbocycles. The van der Waals surface area contributed by atoms with Crippen LogP contribution in [0.25, 0.3) is 0 Å². The van der Waals surface area contributed by atoms with Crippen LogP contribution in [0, 0.1) is 11.2 Å². The number of ether oxygens (including phenoxy) is 2. The number of pyridine rings is 1. The van der Waals surface area contributed by atoms with E-state index in [2.05, 4.69) is 9.72 Å². The molecule has 4 rings (SSSR count). The number of hydrogen-bond donors (Lipinski definition) is 0. The molecule has 2 aromatic rings. The Balaban J connectivity index is 1.43. The summed E-state index contributed by atoms with van der Waals surface area (Å²) in [5.74, 6) is -0.473. The molecule has 0 unspecified atom stereocenters. The first-order chi connectivity index (χ1) is 15.0. The van der Waals surface area contributed by atoms with Crippen LogP contribution < -0.4 is 9.64 Å². The molecular weight excluding hydrogens is 452 g/mol. The molecule has 2 fully saturated rings. The summed E-state index contributed by atoms with van der Waals surface area (Å²) >= 11 is 5.78. The normalized spacial score (nSPS) is 17.7. The van der Waals surface area contributed by atoms with Crippen molar-refractivity contribution in [2.75, 3.05) is 31.7 Å². The van der Waals surface area contributed by atoms with Crippen molar-refractivity contribution in [1.82, 2.24) is 4.98 Å². The molecule has 0 bridgehead atoms. The van der Waals surface area contributed by atoms with Crippen LogP contribution in [0.1, 0.15) is 47.2 Å². The number of carbonyl (C=O) groups is 1. The van der Waals surface area contributed by atoms with Crippen molar-refractivity contribution in [3.8, 4) is 5.75 Å². The molecule has 32 heavy (non-hydrogen) atoms. The third-order valence-electron chi connectivity index (χ3n) is 5.71. The van der Waals surface area contributed by atoms with E-state index < -0.39 is 28.5 Å². The molecule has 1 aliphatic carbocycles. The van der Waals surface area contributed by atoms with Gasteiger partial charge in [0.1, 0.15) is 17.4 Å². The molecule has 1 saturated carbocycles. The number of aromatic nitrogens is 1. The van der Waals surface area contributed by atoms with Crippen LogP contribution in [0.15, 0.2) is 24.4 Å². The van der Waals surface area contributed by atoms with E-state index in [0.717, 1.165) is 24.6 Å². The number of nitrogens with zero attached hydrogens (tertiary/aromatic N) is 2.